The SMILES string of the molecule is CN(C(=O)c1csc(C2CCN(C(=O)Cn3ccc(C(F)(F)F)n3)CC2)n1)C1CCCc2ccccc21. The van der Waals surface area contributed by atoms with Crippen LogP contribution in [0.25, 0.3) is 0 Å². The maximum Gasteiger partial charge on any atom is 0.435 e. The summed E-state index contributed by atoms with van der Waals surface area (Å²) in [6, 6.07) is 9.20. The van der Waals surface area contributed by atoms with Gasteiger partial charge in [-0.3, -0.25) is 14.3 Å². The Morgan fingerprint density at radius 3 is 2.62 bits per heavy atom. The molecule has 0 radical (unpaired) electrons. The molecule has 2 aliphatic rings. The van der Waals surface area contributed by atoms with E-state index < -0.39 is 11.9 Å². The number of hydrogen-bond donors (Lipinski definition) is 0. The number of piperidine rings is 1. The fraction of sp³-hybridized carbons (Fsp3) is 0.462. The number of alkyl halides is 3. The molecule has 3 heterocycles. The highest BCUT2D eigenvalue weighted by atomic mass is 32.1. The fourth-order valence-electron chi connectivity index (χ4n) is 5.24. The molecule has 2 aromatic heterocycles. The molecule has 37 heavy (non-hydrogen) atoms. The highest BCUT2D eigenvalue weighted by Crippen LogP contribution is 2.35. The van der Waals surface area contributed by atoms with Gasteiger partial charge in [-0.2, -0.15) is 18.3 Å². The number of likely N-dealkylation sites (tertiary alicyclic amines) is 1. The van der Waals surface area contributed by atoms with E-state index in [4.69, 9.17) is 0 Å². The van der Waals surface area contributed by atoms with Crippen LogP contribution in [0.2, 0.25) is 0 Å². The van der Waals surface area contributed by atoms with Crippen LogP contribution in [0.4, 0.5) is 13.2 Å². The lowest BCUT2D eigenvalue weighted by molar-refractivity contribution is -0.142. The monoisotopic (exact) mass is 531 g/mol. The molecule has 1 aliphatic carbocycles. The average molecular weight is 532 g/mol. The third kappa shape index (κ3) is 5.41. The number of fused-ring (bicyclic) bond motifs is 1. The summed E-state index contributed by atoms with van der Waals surface area (Å²) in [7, 11) is 1.84. The van der Waals surface area contributed by atoms with E-state index in [0.717, 1.165) is 35.0 Å². The predicted octanol–water partition coefficient (Wildman–Crippen LogP) is 4.91. The molecule has 7 nitrogen and oxygen atoms in total. The second-order valence-electron chi connectivity index (χ2n) is 9.65. The van der Waals surface area contributed by atoms with E-state index >= 15 is 0 Å². The summed E-state index contributed by atoms with van der Waals surface area (Å²) in [6.07, 6.45) is 1.02. The molecule has 1 aromatic carbocycles. The van der Waals surface area contributed by atoms with E-state index in [1.807, 2.05) is 24.6 Å². The Bertz CT molecular complexity index is 1280. The molecule has 1 fully saturated rings. The van der Waals surface area contributed by atoms with Gasteiger partial charge in [-0.05, 0) is 49.3 Å². The van der Waals surface area contributed by atoms with E-state index in [2.05, 4.69) is 22.2 Å². The van der Waals surface area contributed by atoms with Crippen molar-refractivity contribution < 1.29 is 22.8 Å². The van der Waals surface area contributed by atoms with Crippen LogP contribution < -0.4 is 0 Å². The number of amides is 2. The lowest BCUT2D eigenvalue weighted by Gasteiger charge is -2.33. The number of carbonyl (C=O) groups excluding carboxylic acids is 2. The zero-order chi connectivity index (χ0) is 26.2. The topological polar surface area (TPSA) is 71.3 Å². The molecule has 0 spiro atoms. The van der Waals surface area contributed by atoms with Crippen molar-refractivity contribution in [2.45, 2.75) is 56.8 Å². The van der Waals surface area contributed by atoms with Crippen molar-refractivity contribution in [2.75, 3.05) is 20.1 Å². The number of carbonyl (C=O) groups is 2. The van der Waals surface area contributed by atoms with Crippen LogP contribution in [0.15, 0.2) is 41.9 Å². The van der Waals surface area contributed by atoms with Gasteiger partial charge in [0.2, 0.25) is 5.91 Å². The second kappa shape index (κ2) is 10.3. The van der Waals surface area contributed by atoms with Gasteiger partial charge < -0.3 is 9.80 Å². The number of benzene rings is 1. The molecule has 1 aliphatic heterocycles. The molecular weight excluding hydrogens is 503 g/mol. The summed E-state index contributed by atoms with van der Waals surface area (Å²) in [5.41, 5.74) is 1.95. The summed E-state index contributed by atoms with van der Waals surface area (Å²) in [5.74, 6) is -0.216. The minimum absolute atomic E-state index is 0.0406. The molecule has 2 amide bonds. The Morgan fingerprint density at radius 2 is 1.89 bits per heavy atom. The van der Waals surface area contributed by atoms with Crippen molar-refractivity contribution >= 4 is 23.2 Å². The Balaban J connectivity index is 1.17. The zero-order valence-corrected chi connectivity index (χ0v) is 21.3. The number of hydrogen-bond acceptors (Lipinski definition) is 5. The standard InChI is InChI=1S/C26H28F3N5O2S/c1-32(21-8-4-6-17-5-2-3-7-19(17)21)25(36)20-16-37-24(30-20)18-9-12-33(13-10-18)23(35)15-34-14-11-22(31-34)26(27,28)29/h2-3,5,7,11,14,16,18,21H,4,6,8-10,12-13,15H2,1H3. The summed E-state index contributed by atoms with van der Waals surface area (Å²) in [5, 5.41) is 6.16. The first-order chi connectivity index (χ1) is 17.7. The van der Waals surface area contributed by atoms with E-state index in [1.54, 1.807) is 9.80 Å². The Kier molecular flexibility index (Phi) is 7.06. The molecule has 0 N–H and O–H groups in total. The van der Waals surface area contributed by atoms with Gasteiger partial charge in [0.1, 0.15) is 12.2 Å². The summed E-state index contributed by atoms with van der Waals surface area (Å²) in [6.45, 7) is 0.740. The number of nitrogens with zero attached hydrogens (tertiary/aromatic N) is 5. The lowest BCUT2D eigenvalue weighted by Crippen LogP contribution is -2.39. The van der Waals surface area contributed by atoms with E-state index in [1.165, 1.54) is 28.7 Å². The maximum atomic E-state index is 13.3. The van der Waals surface area contributed by atoms with Crippen molar-refractivity contribution in [3.63, 3.8) is 0 Å². The number of aromatic nitrogens is 3. The van der Waals surface area contributed by atoms with Gasteiger partial charge in [-0.15, -0.1) is 11.3 Å². The summed E-state index contributed by atoms with van der Waals surface area (Å²) < 4.78 is 39.3. The fourth-order valence-corrected chi connectivity index (χ4v) is 6.21. The first-order valence-electron chi connectivity index (χ1n) is 12.4. The lowest BCUT2D eigenvalue weighted by atomic mass is 9.87. The minimum atomic E-state index is -4.53. The minimum Gasteiger partial charge on any atom is -0.341 e. The third-order valence-corrected chi connectivity index (χ3v) is 8.30. The van der Waals surface area contributed by atoms with Crippen LogP contribution in [0, 0.1) is 0 Å². The van der Waals surface area contributed by atoms with Crippen LogP contribution in [-0.2, 0) is 23.9 Å². The maximum absolute atomic E-state index is 13.3. The van der Waals surface area contributed by atoms with E-state index in [0.29, 0.717) is 31.6 Å². The molecule has 1 unspecified atom stereocenters. The van der Waals surface area contributed by atoms with Crippen LogP contribution in [0.5, 0.6) is 0 Å². The molecule has 0 bridgehead atoms. The highest BCUT2D eigenvalue weighted by Gasteiger charge is 2.34. The van der Waals surface area contributed by atoms with Crippen molar-refractivity contribution in [3.05, 3.63) is 69.4 Å². The van der Waals surface area contributed by atoms with Gasteiger partial charge in [0.25, 0.3) is 5.91 Å². The molecule has 1 atom stereocenters. The second-order valence-corrected chi connectivity index (χ2v) is 10.5. The quantitative estimate of drug-likeness (QED) is 0.469. The molecule has 196 valence electrons. The molecule has 3 aromatic rings. The first-order valence-corrected chi connectivity index (χ1v) is 13.3. The number of thiazole rings is 1. The predicted molar refractivity (Wildman–Crippen MR) is 132 cm³/mol. The largest absolute Gasteiger partial charge is 0.435 e. The first kappa shape index (κ1) is 25.4. The van der Waals surface area contributed by atoms with Gasteiger partial charge in [-0.1, -0.05) is 24.3 Å². The highest BCUT2D eigenvalue weighted by molar-refractivity contribution is 7.09. The Morgan fingerprint density at radius 1 is 1.14 bits per heavy atom. The molecule has 0 saturated carbocycles. The molecule has 1 saturated heterocycles. The number of halogens is 3. The molecule has 5 rings (SSSR count). The third-order valence-electron chi connectivity index (χ3n) is 7.29. The van der Waals surface area contributed by atoms with Crippen molar-refractivity contribution in [3.8, 4) is 0 Å². The number of rotatable bonds is 5. The molecular formula is C26H28F3N5O2S. The zero-order valence-electron chi connectivity index (χ0n) is 20.4. The smallest absolute Gasteiger partial charge is 0.341 e. The van der Waals surface area contributed by atoms with Gasteiger partial charge in [0, 0.05) is 37.6 Å². The van der Waals surface area contributed by atoms with Crippen molar-refractivity contribution in [1.82, 2.24) is 24.6 Å². The van der Waals surface area contributed by atoms with Crippen molar-refractivity contribution in [1.29, 1.82) is 0 Å². The van der Waals surface area contributed by atoms with Gasteiger partial charge in [-0.25, -0.2) is 4.98 Å². The van der Waals surface area contributed by atoms with Crippen LogP contribution in [0.1, 0.15) is 70.0 Å². The van der Waals surface area contributed by atoms with E-state index in [-0.39, 0.29) is 30.3 Å². The average Bonchev–Trinajstić information content (AvgIpc) is 3.58. The molecule has 11 heteroatoms. The Labute approximate surface area is 216 Å². The van der Waals surface area contributed by atoms with Crippen LogP contribution in [-0.4, -0.2) is 56.5 Å². The van der Waals surface area contributed by atoms with Crippen LogP contribution in [0.3, 0.4) is 0 Å². The van der Waals surface area contributed by atoms with E-state index in [9.17, 15) is 22.8 Å². The van der Waals surface area contributed by atoms with Crippen LogP contribution >= 0.6 is 11.3 Å². The van der Waals surface area contributed by atoms with Crippen molar-refractivity contribution in [2.24, 2.45) is 0 Å². The Hall–Kier alpha value is -3.21. The number of aryl methyl sites for hydroxylation is 1. The summed E-state index contributed by atoms with van der Waals surface area (Å²) in [4.78, 5) is 34.0. The van der Waals surface area contributed by atoms with Gasteiger partial charge >= 0.3 is 6.18 Å². The normalized spacial score (nSPS) is 18.5. The summed E-state index contributed by atoms with van der Waals surface area (Å²) >= 11 is 1.47. The van der Waals surface area contributed by atoms with Gasteiger partial charge in [0.05, 0.1) is 11.0 Å². The van der Waals surface area contributed by atoms with Gasteiger partial charge in [0.15, 0.2) is 5.69 Å².